The third kappa shape index (κ3) is 3.93. The van der Waals surface area contributed by atoms with Gasteiger partial charge in [0.15, 0.2) is 0 Å². The molecule has 2 unspecified atom stereocenters. The molecule has 0 spiro atoms. The standard InChI is InChI=1S/C21H30N2O3/c1-14-11-15(2)20(16(3)12-14)23-10-8-18(21(23)26)22-9-4-5-17(13-22)6-7-19(24)25/h11-12,17-18H,4-10,13H2,1-3H3,(H,24,25). The van der Waals surface area contributed by atoms with E-state index in [1.165, 1.54) is 5.56 Å². The van der Waals surface area contributed by atoms with Gasteiger partial charge in [-0.15, -0.1) is 0 Å². The van der Waals surface area contributed by atoms with Crippen LogP contribution in [-0.2, 0) is 9.59 Å². The fourth-order valence-electron chi connectivity index (χ4n) is 4.77. The predicted octanol–water partition coefficient (Wildman–Crippen LogP) is 3.29. The van der Waals surface area contributed by atoms with Crippen molar-refractivity contribution in [3.63, 3.8) is 0 Å². The quantitative estimate of drug-likeness (QED) is 0.877. The van der Waals surface area contributed by atoms with E-state index in [0.29, 0.717) is 12.3 Å². The molecule has 0 bridgehead atoms. The first-order chi connectivity index (χ1) is 12.4. The largest absolute Gasteiger partial charge is 0.481 e. The number of anilines is 1. The van der Waals surface area contributed by atoms with E-state index in [0.717, 1.165) is 55.7 Å². The van der Waals surface area contributed by atoms with E-state index in [1.54, 1.807) is 0 Å². The van der Waals surface area contributed by atoms with Crippen molar-refractivity contribution in [2.45, 2.75) is 58.9 Å². The maximum Gasteiger partial charge on any atom is 0.303 e. The minimum Gasteiger partial charge on any atom is -0.481 e. The van der Waals surface area contributed by atoms with Crippen molar-refractivity contribution in [2.24, 2.45) is 5.92 Å². The molecule has 0 aliphatic carbocycles. The van der Waals surface area contributed by atoms with Crippen LogP contribution in [-0.4, -0.2) is 47.6 Å². The van der Waals surface area contributed by atoms with Crippen LogP contribution >= 0.6 is 0 Å². The fourth-order valence-corrected chi connectivity index (χ4v) is 4.77. The Balaban J connectivity index is 1.70. The van der Waals surface area contributed by atoms with Gasteiger partial charge in [0.1, 0.15) is 0 Å². The molecule has 2 fully saturated rings. The first kappa shape index (κ1) is 18.9. The van der Waals surface area contributed by atoms with Crippen LogP contribution in [0.15, 0.2) is 12.1 Å². The molecule has 2 aliphatic heterocycles. The van der Waals surface area contributed by atoms with E-state index in [9.17, 15) is 9.59 Å². The maximum atomic E-state index is 13.2. The first-order valence-electron chi connectivity index (χ1n) is 9.72. The molecular formula is C21H30N2O3. The molecular weight excluding hydrogens is 328 g/mol. The van der Waals surface area contributed by atoms with E-state index < -0.39 is 5.97 Å². The molecule has 0 saturated carbocycles. The van der Waals surface area contributed by atoms with Crippen LogP contribution in [0.1, 0.15) is 48.8 Å². The monoisotopic (exact) mass is 358 g/mol. The van der Waals surface area contributed by atoms with Gasteiger partial charge in [0, 0.05) is 25.2 Å². The average Bonchev–Trinajstić information content (AvgIpc) is 2.94. The van der Waals surface area contributed by atoms with E-state index in [4.69, 9.17) is 5.11 Å². The normalized spacial score (nSPS) is 24.3. The number of aliphatic carboxylic acids is 1. The van der Waals surface area contributed by atoms with Gasteiger partial charge in [0.05, 0.1) is 6.04 Å². The minimum absolute atomic E-state index is 0.0530. The number of carboxylic acid groups (broad SMARTS) is 1. The fraction of sp³-hybridized carbons (Fsp3) is 0.619. The zero-order chi connectivity index (χ0) is 18.8. The number of hydrogen-bond donors (Lipinski definition) is 1. The summed E-state index contributed by atoms with van der Waals surface area (Å²) < 4.78 is 0. The van der Waals surface area contributed by atoms with Crippen molar-refractivity contribution in [1.29, 1.82) is 0 Å². The molecule has 3 rings (SSSR count). The highest BCUT2D eigenvalue weighted by Crippen LogP contribution is 2.33. The van der Waals surface area contributed by atoms with Gasteiger partial charge in [-0.2, -0.15) is 0 Å². The Kier molecular flexibility index (Phi) is 5.66. The Bertz CT molecular complexity index is 677. The Morgan fingerprint density at radius 3 is 2.50 bits per heavy atom. The molecule has 1 N–H and O–H groups in total. The summed E-state index contributed by atoms with van der Waals surface area (Å²) in [5.74, 6) is -0.126. The lowest BCUT2D eigenvalue weighted by atomic mass is 9.92. The summed E-state index contributed by atoms with van der Waals surface area (Å²) in [5, 5.41) is 8.92. The summed E-state index contributed by atoms with van der Waals surface area (Å²) in [6, 6.07) is 4.24. The van der Waals surface area contributed by atoms with Crippen molar-refractivity contribution in [2.75, 3.05) is 24.5 Å². The zero-order valence-electron chi connectivity index (χ0n) is 16.1. The van der Waals surface area contributed by atoms with Gasteiger partial charge < -0.3 is 10.0 Å². The maximum absolute atomic E-state index is 13.2. The Hall–Kier alpha value is -1.88. The van der Waals surface area contributed by atoms with Gasteiger partial charge >= 0.3 is 5.97 Å². The number of likely N-dealkylation sites (tertiary alicyclic amines) is 1. The van der Waals surface area contributed by atoms with Gasteiger partial charge in [-0.3, -0.25) is 14.5 Å². The second-order valence-corrected chi connectivity index (χ2v) is 7.98. The highest BCUT2D eigenvalue weighted by molar-refractivity contribution is 6.00. The molecule has 2 atom stereocenters. The number of amides is 1. The molecule has 142 valence electrons. The highest BCUT2D eigenvalue weighted by atomic mass is 16.4. The first-order valence-corrected chi connectivity index (χ1v) is 9.72. The number of benzene rings is 1. The summed E-state index contributed by atoms with van der Waals surface area (Å²) in [5.41, 5.74) is 4.62. The van der Waals surface area contributed by atoms with E-state index >= 15 is 0 Å². The van der Waals surface area contributed by atoms with Gasteiger partial charge in [-0.1, -0.05) is 17.7 Å². The lowest BCUT2D eigenvalue weighted by Crippen LogP contribution is -2.47. The summed E-state index contributed by atoms with van der Waals surface area (Å²) in [7, 11) is 0. The Morgan fingerprint density at radius 2 is 1.85 bits per heavy atom. The molecule has 1 aromatic carbocycles. The topological polar surface area (TPSA) is 60.9 Å². The third-order valence-electron chi connectivity index (χ3n) is 5.84. The van der Waals surface area contributed by atoms with Crippen molar-refractivity contribution in [3.8, 4) is 0 Å². The van der Waals surface area contributed by atoms with Gasteiger partial charge in [-0.25, -0.2) is 0 Å². The second kappa shape index (κ2) is 7.78. The molecule has 2 saturated heterocycles. The molecule has 5 heteroatoms. The number of rotatable bonds is 5. The molecule has 26 heavy (non-hydrogen) atoms. The highest BCUT2D eigenvalue weighted by Gasteiger charge is 2.39. The molecule has 0 aromatic heterocycles. The van der Waals surface area contributed by atoms with E-state index in [-0.39, 0.29) is 18.4 Å². The molecule has 5 nitrogen and oxygen atoms in total. The lowest BCUT2D eigenvalue weighted by molar-refractivity contribution is -0.137. The van der Waals surface area contributed by atoms with Crippen LogP contribution in [0, 0.1) is 26.7 Å². The molecule has 2 heterocycles. The van der Waals surface area contributed by atoms with E-state index in [2.05, 4.69) is 37.8 Å². The van der Waals surface area contributed by atoms with Crippen molar-refractivity contribution < 1.29 is 14.7 Å². The second-order valence-electron chi connectivity index (χ2n) is 7.98. The van der Waals surface area contributed by atoms with Crippen molar-refractivity contribution in [1.82, 2.24) is 4.90 Å². The van der Waals surface area contributed by atoms with Crippen molar-refractivity contribution >= 4 is 17.6 Å². The summed E-state index contributed by atoms with van der Waals surface area (Å²) in [4.78, 5) is 28.3. The number of aryl methyl sites for hydroxylation is 3. The molecule has 1 aromatic rings. The number of carbonyl (C=O) groups excluding carboxylic acids is 1. The Morgan fingerprint density at radius 1 is 1.15 bits per heavy atom. The van der Waals surface area contributed by atoms with E-state index in [1.807, 2.05) is 4.90 Å². The summed E-state index contributed by atoms with van der Waals surface area (Å²) in [6.45, 7) is 8.81. The number of carbonyl (C=O) groups is 2. The minimum atomic E-state index is -0.726. The van der Waals surface area contributed by atoms with Crippen LogP contribution < -0.4 is 4.90 Å². The van der Waals surface area contributed by atoms with Gasteiger partial charge in [0.2, 0.25) is 5.91 Å². The average molecular weight is 358 g/mol. The van der Waals surface area contributed by atoms with Crippen LogP contribution in [0.25, 0.3) is 0 Å². The van der Waals surface area contributed by atoms with Crippen LogP contribution in [0.2, 0.25) is 0 Å². The number of hydrogen-bond acceptors (Lipinski definition) is 3. The summed E-state index contributed by atoms with van der Waals surface area (Å²) in [6.07, 6.45) is 3.93. The lowest BCUT2D eigenvalue weighted by Gasteiger charge is -2.36. The molecule has 1 amide bonds. The van der Waals surface area contributed by atoms with Crippen LogP contribution in [0.5, 0.6) is 0 Å². The number of carboxylic acids is 1. The summed E-state index contributed by atoms with van der Waals surface area (Å²) >= 11 is 0. The van der Waals surface area contributed by atoms with Gasteiger partial charge in [-0.05, 0) is 70.0 Å². The van der Waals surface area contributed by atoms with Gasteiger partial charge in [0.25, 0.3) is 0 Å². The number of piperidine rings is 1. The van der Waals surface area contributed by atoms with Crippen LogP contribution in [0.3, 0.4) is 0 Å². The Labute approximate surface area is 156 Å². The predicted molar refractivity (Wildman–Crippen MR) is 103 cm³/mol. The van der Waals surface area contributed by atoms with Crippen molar-refractivity contribution in [3.05, 3.63) is 28.8 Å². The molecule has 0 radical (unpaired) electrons. The third-order valence-corrected chi connectivity index (χ3v) is 5.84. The van der Waals surface area contributed by atoms with Crippen LogP contribution in [0.4, 0.5) is 5.69 Å². The smallest absolute Gasteiger partial charge is 0.303 e. The zero-order valence-corrected chi connectivity index (χ0v) is 16.1. The molecule has 2 aliphatic rings. The SMILES string of the molecule is Cc1cc(C)c(N2CCC(N3CCCC(CCC(=O)O)C3)C2=O)c(C)c1. The number of nitrogens with zero attached hydrogens (tertiary/aromatic N) is 2.